The number of aromatic hydroxyl groups is 1. The maximum absolute atomic E-state index is 12.6. The van der Waals surface area contributed by atoms with Gasteiger partial charge in [-0.3, -0.25) is 4.98 Å². The summed E-state index contributed by atoms with van der Waals surface area (Å²) in [6, 6.07) is 5.75. The maximum atomic E-state index is 12.6. The number of aromatic nitrogens is 1. The van der Waals surface area contributed by atoms with Crippen LogP contribution in [0.5, 0.6) is 11.5 Å². The Labute approximate surface area is 141 Å². The molecule has 1 aromatic heterocycles. The standard InChI is InChI=1S/C17H14F3NO2S/c1-16(2)8-12(13-9-21-6-5-14(13)22)11-7-10(24-17(18,19)20)3-4-15(11)23-16/h3-9H,1-2H3,(H,21,22). The zero-order valence-corrected chi connectivity index (χ0v) is 13.7. The van der Waals surface area contributed by atoms with Crippen LogP contribution in [0.3, 0.4) is 0 Å². The number of nitrogens with zero attached hydrogens (tertiary/aromatic N) is 1. The first kappa shape index (κ1) is 16.7. The van der Waals surface area contributed by atoms with E-state index < -0.39 is 11.1 Å². The first-order chi connectivity index (χ1) is 11.1. The van der Waals surface area contributed by atoms with Gasteiger partial charge in [0.15, 0.2) is 0 Å². The molecule has 0 radical (unpaired) electrons. The van der Waals surface area contributed by atoms with Crippen LogP contribution in [0.15, 0.2) is 47.6 Å². The second-order valence-corrected chi connectivity index (χ2v) is 7.00. The van der Waals surface area contributed by atoms with Crippen molar-refractivity contribution in [1.29, 1.82) is 0 Å². The number of alkyl halides is 3. The summed E-state index contributed by atoms with van der Waals surface area (Å²) in [4.78, 5) is 4.05. The second-order valence-electron chi connectivity index (χ2n) is 5.86. The third-order valence-electron chi connectivity index (χ3n) is 3.43. The molecule has 1 aliphatic rings. The van der Waals surface area contributed by atoms with Crippen LogP contribution in [-0.4, -0.2) is 21.2 Å². The molecule has 0 saturated carbocycles. The van der Waals surface area contributed by atoms with E-state index in [4.69, 9.17) is 4.74 Å². The van der Waals surface area contributed by atoms with Gasteiger partial charge in [-0.25, -0.2) is 0 Å². The minimum Gasteiger partial charge on any atom is -0.507 e. The minimum atomic E-state index is -4.37. The van der Waals surface area contributed by atoms with E-state index in [1.165, 1.54) is 36.7 Å². The summed E-state index contributed by atoms with van der Waals surface area (Å²) >= 11 is -0.186. The van der Waals surface area contributed by atoms with Crippen LogP contribution in [0.25, 0.3) is 5.57 Å². The molecule has 2 aromatic rings. The van der Waals surface area contributed by atoms with Crippen molar-refractivity contribution in [2.45, 2.75) is 29.9 Å². The predicted molar refractivity (Wildman–Crippen MR) is 86.0 cm³/mol. The van der Waals surface area contributed by atoms with Crippen molar-refractivity contribution in [3.05, 3.63) is 53.9 Å². The molecule has 24 heavy (non-hydrogen) atoms. The van der Waals surface area contributed by atoms with Crippen LogP contribution in [0, 0.1) is 0 Å². The molecule has 1 N–H and O–H groups in total. The zero-order chi connectivity index (χ0) is 17.5. The van der Waals surface area contributed by atoms with Crippen LogP contribution >= 0.6 is 11.8 Å². The maximum Gasteiger partial charge on any atom is 0.446 e. The van der Waals surface area contributed by atoms with E-state index in [-0.39, 0.29) is 22.4 Å². The molecule has 0 spiro atoms. The Bertz CT molecular complexity index is 816. The molecule has 2 heterocycles. The number of halogens is 3. The van der Waals surface area contributed by atoms with Crippen molar-refractivity contribution < 1.29 is 23.0 Å². The molecule has 3 rings (SSSR count). The van der Waals surface area contributed by atoms with Gasteiger partial charge in [0.25, 0.3) is 0 Å². The smallest absolute Gasteiger partial charge is 0.446 e. The van der Waals surface area contributed by atoms with Crippen LogP contribution in [-0.2, 0) is 0 Å². The van der Waals surface area contributed by atoms with Crippen molar-refractivity contribution in [3.8, 4) is 11.5 Å². The fourth-order valence-corrected chi connectivity index (χ4v) is 3.14. The SMILES string of the molecule is CC1(C)C=C(c2cnccc2O)c2cc(SC(F)(F)F)ccc2O1. The molecule has 0 amide bonds. The molecule has 1 aromatic carbocycles. The number of thioether (sulfide) groups is 1. The number of hydrogen-bond acceptors (Lipinski definition) is 4. The number of rotatable bonds is 2. The zero-order valence-electron chi connectivity index (χ0n) is 12.9. The van der Waals surface area contributed by atoms with Gasteiger partial charge in [0, 0.05) is 28.4 Å². The first-order valence-electron chi connectivity index (χ1n) is 7.10. The number of benzene rings is 1. The largest absolute Gasteiger partial charge is 0.507 e. The van der Waals surface area contributed by atoms with Crippen molar-refractivity contribution in [3.63, 3.8) is 0 Å². The molecular formula is C17H14F3NO2S. The molecule has 7 heteroatoms. The van der Waals surface area contributed by atoms with E-state index >= 15 is 0 Å². The summed E-state index contributed by atoms with van der Waals surface area (Å²) in [5.74, 6) is 0.473. The third kappa shape index (κ3) is 3.51. The van der Waals surface area contributed by atoms with Gasteiger partial charge in [0.1, 0.15) is 17.1 Å². The highest BCUT2D eigenvalue weighted by Crippen LogP contribution is 2.45. The van der Waals surface area contributed by atoms with Gasteiger partial charge in [-0.2, -0.15) is 13.2 Å². The molecule has 0 aliphatic carbocycles. The molecule has 1 aliphatic heterocycles. The summed E-state index contributed by atoms with van der Waals surface area (Å²) in [5, 5.41) is 10.1. The van der Waals surface area contributed by atoms with Crippen LogP contribution < -0.4 is 4.74 Å². The van der Waals surface area contributed by atoms with Gasteiger partial charge < -0.3 is 9.84 Å². The number of pyridine rings is 1. The predicted octanol–water partition coefficient (Wildman–Crippen LogP) is 5.00. The van der Waals surface area contributed by atoms with Gasteiger partial charge in [0.05, 0.1) is 0 Å². The summed E-state index contributed by atoms with van der Waals surface area (Å²) in [7, 11) is 0. The highest BCUT2D eigenvalue weighted by Gasteiger charge is 2.32. The van der Waals surface area contributed by atoms with Crippen LogP contribution in [0.2, 0.25) is 0 Å². The number of fused-ring (bicyclic) bond motifs is 1. The van der Waals surface area contributed by atoms with E-state index in [0.717, 1.165) is 0 Å². The lowest BCUT2D eigenvalue weighted by Crippen LogP contribution is -2.29. The van der Waals surface area contributed by atoms with Gasteiger partial charge in [-0.1, -0.05) is 0 Å². The van der Waals surface area contributed by atoms with Crippen molar-refractivity contribution >= 4 is 17.3 Å². The van der Waals surface area contributed by atoms with E-state index in [1.54, 1.807) is 6.08 Å². The quantitative estimate of drug-likeness (QED) is 0.772. The van der Waals surface area contributed by atoms with Crippen molar-refractivity contribution in [2.75, 3.05) is 0 Å². The summed E-state index contributed by atoms with van der Waals surface area (Å²) in [6.45, 7) is 3.67. The molecule has 126 valence electrons. The van der Waals surface area contributed by atoms with Crippen LogP contribution in [0.4, 0.5) is 13.2 Å². The molecule has 0 atom stereocenters. The highest BCUT2D eigenvalue weighted by atomic mass is 32.2. The lowest BCUT2D eigenvalue weighted by atomic mass is 9.90. The Balaban J connectivity index is 2.14. The average molecular weight is 353 g/mol. The molecular weight excluding hydrogens is 339 g/mol. The topological polar surface area (TPSA) is 42.4 Å². The molecule has 0 fully saturated rings. The van der Waals surface area contributed by atoms with E-state index in [1.807, 2.05) is 13.8 Å². The Morgan fingerprint density at radius 3 is 2.58 bits per heavy atom. The molecule has 0 unspecified atom stereocenters. The van der Waals surface area contributed by atoms with E-state index in [9.17, 15) is 18.3 Å². The fraction of sp³-hybridized carbons (Fsp3) is 0.235. The van der Waals surface area contributed by atoms with E-state index in [0.29, 0.717) is 22.4 Å². The summed E-state index contributed by atoms with van der Waals surface area (Å²) in [6.07, 6.45) is 4.70. The number of hydrogen-bond donors (Lipinski definition) is 1. The van der Waals surface area contributed by atoms with Gasteiger partial charge in [-0.15, -0.1) is 0 Å². The normalized spacial score (nSPS) is 16.1. The summed E-state index contributed by atoms with van der Waals surface area (Å²) in [5.41, 5.74) is -3.50. The Hall–Kier alpha value is -2.15. The van der Waals surface area contributed by atoms with Crippen molar-refractivity contribution in [1.82, 2.24) is 4.98 Å². The Kier molecular flexibility index (Phi) is 3.99. The van der Waals surface area contributed by atoms with Gasteiger partial charge in [-0.05, 0) is 61.5 Å². The van der Waals surface area contributed by atoms with Crippen LogP contribution in [0.1, 0.15) is 25.0 Å². The third-order valence-corrected chi connectivity index (χ3v) is 4.15. The Morgan fingerprint density at radius 1 is 1.17 bits per heavy atom. The van der Waals surface area contributed by atoms with Gasteiger partial charge in [0.2, 0.25) is 0 Å². The fourth-order valence-electron chi connectivity index (χ4n) is 2.56. The first-order valence-corrected chi connectivity index (χ1v) is 7.92. The van der Waals surface area contributed by atoms with Gasteiger partial charge >= 0.3 is 5.51 Å². The van der Waals surface area contributed by atoms with Crippen molar-refractivity contribution in [2.24, 2.45) is 0 Å². The lowest BCUT2D eigenvalue weighted by Gasteiger charge is -2.31. The highest BCUT2D eigenvalue weighted by molar-refractivity contribution is 8.00. The second kappa shape index (κ2) is 5.73. The minimum absolute atomic E-state index is 0.00813. The molecule has 0 bridgehead atoms. The molecule has 3 nitrogen and oxygen atoms in total. The Morgan fingerprint density at radius 2 is 1.92 bits per heavy atom. The molecule has 0 saturated heterocycles. The monoisotopic (exact) mass is 353 g/mol. The number of ether oxygens (including phenoxy) is 1. The van der Waals surface area contributed by atoms with E-state index in [2.05, 4.69) is 4.98 Å². The summed E-state index contributed by atoms with van der Waals surface area (Å²) < 4.78 is 43.8. The lowest BCUT2D eigenvalue weighted by molar-refractivity contribution is -0.0328. The average Bonchev–Trinajstić information content (AvgIpc) is 2.45.